The standard InChI is InChI=1S/C24H27N5O2/c1-29(15-17-9-12-30-13-10-17)16-24-26-22-7-6-20(14-23(22)27-24)31-19-4-2-18(3-5-19)21-8-11-25-28-21/h2-8,11,14,17H,9-10,12-13,15-16H2,1H3,(H,25,28)(H,26,27). The molecular formula is C24H27N5O2. The van der Waals surface area contributed by atoms with Gasteiger partial charge in [-0.05, 0) is 73.8 Å². The maximum atomic E-state index is 6.05. The normalized spacial score (nSPS) is 15.0. The molecular weight excluding hydrogens is 390 g/mol. The molecule has 160 valence electrons. The monoisotopic (exact) mass is 417 g/mol. The van der Waals surface area contributed by atoms with Crippen molar-refractivity contribution >= 4 is 11.0 Å². The number of H-pyrrole nitrogens is 2. The first-order chi connectivity index (χ1) is 15.2. The summed E-state index contributed by atoms with van der Waals surface area (Å²) in [5.41, 5.74) is 4.00. The second kappa shape index (κ2) is 8.91. The Balaban J connectivity index is 1.24. The Morgan fingerprint density at radius 1 is 1.06 bits per heavy atom. The minimum absolute atomic E-state index is 0.711. The van der Waals surface area contributed by atoms with Crippen LogP contribution in [0.4, 0.5) is 0 Å². The molecule has 0 atom stereocenters. The van der Waals surface area contributed by atoms with Crippen molar-refractivity contribution in [3.8, 4) is 22.8 Å². The van der Waals surface area contributed by atoms with Crippen molar-refractivity contribution in [2.75, 3.05) is 26.8 Å². The molecule has 1 aliphatic rings. The molecule has 4 aromatic rings. The van der Waals surface area contributed by atoms with Gasteiger partial charge in [0.15, 0.2) is 0 Å². The molecule has 1 saturated heterocycles. The zero-order valence-corrected chi connectivity index (χ0v) is 17.7. The van der Waals surface area contributed by atoms with E-state index in [2.05, 4.69) is 27.1 Å². The third-order valence-corrected chi connectivity index (χ3v) is 5.74. The highest BCUT2D eigenvalue weighted by Crippen LogP contribution is 2.27. The highest BCUT2D eigenvalue weighted by Gasteiger charge is 2.16. The molecule has 5 rings (SSSR count). The van der Waals surface area contributed by atoms with Gasteiger partial charge in [0, 0.05) is 32.0 Å². The van der Waals surface area contributed by atoms with Crippen LogP contribution in [0, 0.1) is 5.92 Å². The fourth-order valence-electron chi connectivity index (χ4n) is 4.12. The molecule has 2 aromatic carbocycles. The van der Waals surface area contributed by atoms with Crippen LogP contribution < -0.4 is 4.74 Å². The molecule has 0 unspecified atom stereocenters. The first kappa shape index (κ1) is 19.8. The molecule has 0 aliphatic carbocycles. The number of fused-ring (bicyclic) bond motifs is 1. The Kier molecular flexibility index (Phi) is 5.69. The van der Waals surface area contributed by atoms with E-state index in [1.165, 1.54) is 0 Å². The van der Waals surface area contributed by atoms with Gasteiger partial charge in [0.2, 0.25) is 0 Å². The molecule has 0 amide bonds. The van der Waals surface area contributed by atoms with Crippen LogP contribution in [-0.2, 0) is 11.3 Å². The lowest BCUT2D eigenvalue weighted by atomic mass is 10.00. The average molecular weight is 418 g/mol. The van der Waals surface area contributed by atoms with Gasteiger partial charge in [0.1, 0.15) is 17.3 Å². The topological polar surface area (TPSA) is 79.1 Å². The van der Waals surface area contributed by atoms with Gasteiger partial charge in [-0.25, -0.2) is 4.98 Å². The number of imidazole rings is 1. The highest BCUT2D eigenvalue weighted by atomic mass is 16.5. The number of rotatable bonds is 7. The summed E-state index contributed by atoms with van der Waals surface area (Å²) in [6.07, 6.45) is 4.04. The summed E-state index contributed by atoms with van der Waals surface area (Å²) in [6.45, 7) is 3.65. The van der Waals surface area contributed by atoms with Gasteiger partial charge in [0.05, 0.1) is 23.3 Å². The van der Waals surface area contributed by atoms with E-state index in [-0.39, 0.29) is 0 Å². The van der Waals surface area contributed by atoms with Gasteiger partial charge in [-0.2, -0.15) is 5.10 Å². The summed E-state index contributed by atoms with van der Waals surface area (Å²) < 4.78 is 11.5. The van der Waals surface area contributed by atoms with E-state index in [4.69, 9.17) is 14.5 Å². The predicted octanol–water partition coefficient (Wildman–Crippen LogP) is 4.60. The molecule has 0 bridgehead atoms. The molecule has 7 heteroatoms. The number of benzene rings is 2. The fourth-order valence-corrected chi connectivity index (χ4v) is 4.12. The van der Waals surface area contributed by atoms with Crippen molar-refractivity contribution in [1.29, 1.82) is 0 Å². The second-order valence-electron chi connectivity index (χ2n) is 8.21. The predicted molar refractivity (Wildman–Crippen MR) is 120 cm³/mol. The van der Waals surface area contributed by atoms with Crippen LogP contribution in [0.25, 0.3) is 22.3 Å². The van der Waals surface area contributed by atoms with Gasteiger partial charge >= 0.3 is 0 Å². The average Bonchev–Trinajstić information content (AvgIpc) is 3.44. The third-order valence-electron chi connectivity index (χ3n) is 5.74. The van der Waals surface area contributed by atoms with Crippen molar-refractivity contribution in [2.24, 2.45) is 5.92 Å². The summed E-state index contributed by atoms with van der Waals surface area (Å²) in [5.74, 6) is 3.25. The fraction of sp³-hybridized carbons (Fsp3) is 0.333. The third kappa shape index (κ3) is 4.78. The number of aromatic nitrogens is 4. The minimum atomic E-state index is 0.711. The quantitative estimate of drug-likeness (QED) is 0.459. The number of nitrogens with zero attached hydrogens (tertiary/aromatic N) is 3. The van der Waals surface area contributed by atoms with Crippen LogP contribution in [0.3, 0.4) is 0 Å². The van der Waals surface area contributed by atoms with E-state index in [0.29, 0.717) is 5.92 Å². The molecule has 1 fully saturated rings. The van der Waals surface area contributed by atoms with Crippen molar-refractivity contribution in [2.45, 2.75) is 19.4 Å². The van der Waals surface area contributed by atoms with Crippen molar-refractivity contribution in [3.05, 3.63) is 60.6 Å². The molecule has 0 spiro atoms. The summed E-state index contributed by atoms with van der Waals surface area (Å²) in [7, 11) is 2.16. The van der Waals surface area contributed by atoms with Crippen LogP contribution in [0.2, 0.25) is 0 Å². The maximum Gasteiger partial charge on any atom is 0.129 e. The second-order valence-corrected chi connectivity index (χ2v) is 8.21. The van der Waals surface area contributed by atoms with Crippen molar-refractivity contribution in [3.63, 3.8) is 0 Å². The van der Waals surface area contributed by atoms with Crippen molar-refractivity contribution < 1.29 is 9.47 Å². The summed E-state index contributed by atoms with van der Waals surface area (Å²) >= 11 is 0. The van der Waals surface area contributed by atoms with E-state index >= 15 is 0 Å². The largest absolute Gasteiger partial charge is 0.457 e. The van der Waals surface area contributed by atoms with E-state index in [1.54, 1.807) is 6.20 Å². The van der Waals surface area contributed by atoms with Crippen LogP contribution in [-0.4, -0.2) is 51.9 Å². The Labute approximate surface area is 181 Å². The maximum absolute atomic E-state index is 6.05. The molecule has 7 nitrogen and oxygen atoms in total. The number of hydrogen-bond donors (Lipinski definition) is 2. The Morgan fingerprint density at radius 3 is 2.65 bits per heavy atom. The number of nitrogens with one attached hydrogen (secondary N) is 2. The minimum Gasteiger partial charge on any atom is -0.457 e. The van der Waals surface area contributed by atoms with Crippen LogP contribution in [0.5, 0.6) is 11.5 Å². The molecule has 0 radical (unpaired) electrons. The summed E-state index contributed by atoms with van der Waals surface area (Å²) in [6, 6.07) is 15.9. The number of hydrogen-bond acceptors (Lipinski definition) is 5. The summed E-state index contributed by atoms with van der Waals surface area (Å²) in [4.78, 5) is 10.6. The zero-order chi connectivity index (χ0) is 21.0. The molecule has 2 aromatic heterocycles. The van der Waals surface area contributed by atoms with E-state index in [0.717, 1.165) is 78.8 Å². The van der Waals surface area contributed by atoms with Crippen LogP contribution in [0.1, 0.15) is 18.7 Å². The molecule has 3 heterocycles. The van der Waals surface area contributed by atoms with E-state index in [9.17, 15) is 0 Å². The molecule has 0 saturated carbocycles. The lowest BCUT2D eigenvalue weighted by Gasteiger charge is -2.26. The SMILES string of the molecule is CN(Cc1nc2cc(Oc3ccc(-c4ccn[nH]4)cc3)ccc2[nH]1)CC1CCOCC1. The van der Waals surface area contributed by atoms with Gasteiger partial charge in [-0.15, -0.1) is 0 Å². The lowest BCUT2D eigenvalue weighted by molar-refractivity contribution is 0.0547. The van der Waals surface area contributed by atoms with Gasteiger partial charge < -0.3 is 14.5 Å². The first-order valence-corrected chi connectivity index (χ1v) is 10.8. The molecule has 31 heavy (non-hydrogen) atoms. The van der Waals surface area contributed by atoms with E-state index < -0.39 is 0 Å². The van der Waals surface area contributed by atoms with Gasteiger partial charge in [-0.1, -0.05) is 0 Å². The Bertz CT molecular complexity index is 1110. The van der Waals surface area contributed by atoms with Gasteiger partial charge in [0.25, 0.3) is 0 Å². The van der Waals surface area contributed by atoms with E-state index in [1.807, 2.05) is 48.5 Å². The number of aromatic amines is 2. The molecule has 2 N–H and O–H groups in total. The lowest BCUT2D eigenvalue weighted by Crippen LogP contribution is -2.29. The smallest absolute Gasteiger partial charge is 0.129 e. The van der Waals surface area contributed by atoms with Crippen LogP contribution >= 0.6 is 0 Å². The van der Waals surface area contributed by atoms with Crippen molar-refractivity contribution in [1.82, 2.24) is 25.1 Å². The summed E-state index contributed by atoms with van der Waals surface area (Å²) in [5, 5.41) is 6.96. The van der Waals surface area contributed by atoms with Crippen LogP contribution in [0.15, 0.2) is 54.7 Å². The zero-order valence-electron chi connectivity index (χ0n) is 17.7. The number of ether oxygens (including phenoxy) is 2. The van der Waals surface area contributed by atoms with Gasteiger partial charge in [-0.3, -0.25) is 10.00 Å². The Hall–Kier alpha value is -3.16. The Morgan fingerprint density at radius 2 is 1.87 bits per heavy atom. The first-order valence-electron chi connectivity index (χ1n) is 10.8. The highest BCUT2D eigenvalue weighted by molar-refractivity contribution is 5.77. The molecule has 1 aliphatic heterocycles.